The molecule has 0 unspecified atom stereocenters. The predicted molar refractivity (Wildman–Crippen MR) is 118 cm³/mol. The van der Waals surface area contributed by atoms with E-state index in [0.717, 1.165) is 18.3 Å². The monoisotopic (exact) mass is 446 g/mol. The molecule has 4 aromatic rings. The molecule has 1 heterocycles. The Morgan fingerprint density at radius 2 is 1.67 bits per heavy atom. The van der Waals surface area contributed by atoms with Gasteiger partial charge in [0.2, 0.25) is 5.89 Å². The summed E-state index contributed by atoms with van der Waals surface area (Å²) in [5, 5.41) is 40.7. The van der Waals surface area contributed by atoms with Crippen LogP contribution in [0.2, 0.25) is 0 Å². The first-order valence-electron chi connectivity index (χ1n) is 9.62. The second kappa shape index (κ2) is 9.10. The molecule has 166 valence electrons. The molecule has 0 aliphatic rings. The van der Waals surface area contributed by atoms with Crippen molar-refractivity contribution in [3.63, 3.8) is 0 Å². The van der Waals surface area contributed by atoms with Crippen molar-refractivity contribution < 1.29 is 29.3 Å². The van der Waals surface area contributed by atoms with Crippen LogP contribution in [0.3, 0.4) is 0 Å². The van der Waals surface area contributed by atoms with Gasteiger partial charge in [-0.05, 0) is 36.4 Å². The van der Waals surface area contributed by atoms with Crippen LogP contribution in [0, 0.1) is 0 Å². The first-order valence-corrected chi connectivity index (χ1v) is 9.62. The van der Waals surface area contributed by atoms with Crippen LogP contribution in [0.4, 0.5) is 0 Å². The number of carbonyl (C=O) groups is 1. The fourth-order valence-corrected chi connectivity index (χ4v) is 3.00. The number of para-hydroxylation sites is 1. The molecule has 0 aliphatic heterocycles. The second-order valence-corrected chi connectivity index (χ2v) is 6.79. The van der Waals surface area contributed by atoms with Crippen molar-refractivity contribution in [2.75, 3.05) is 7.11 Å². The molecule has 0 bridgehead atoms. The third-order valence-electron chi connectivity index (χ3n) is 4.64. The molecule has 3 aromatic carbocycles. The summed E-state index contributed by atoms with van der Waals surface area (Å²) in [7, 11) is 1.56. The van der Waals surface area contributed by atoms with E-state index in [2.05, 4.69) is 20.7 Å². The molecule has 1 aromatic heterocycles. The lowest BCUT2D eigenvalue weighted by Crippen LogP contribution is -2.17. The van der Waals surface area contributed by atoms with Gasteiger partial charge in [-0.15, -0.1) is 10.2 Å². The molecule has 0 saturated carbocycles. The fraction of sp³-hybridized carbons (Fsp3) is 0.0435. The number of nitrogens with one attached hydrogen (secondary N) is 1. The number of hydrogen-bond acceptors (Lipinski definition) is 9. The maximum absolute atomic E-state index is 12.3. The van der Waals surface area contributed by atoms with E-state index in [0.29, 0.717) is 28.3 Å². The molecule has 4 rings (SSSR count). The van der Waals surface area contributed by atoms with Gasteiger partial charge in [-0.3, -0.25) is 4.79 Å². The van der Waals surface area contributed by atoms with Crippen molar-refractivity contribution >= 4 is 12.1 Å². The minimum Gasteiger partial charge on any atom is -0.508 e. The van der Waals surface area contributed by atoms with Crippen molar-refractivity contribution in [1.29, 1.82) is 0 Å². The van der Waals surface area contributed by atoms with E-state index in [4.69, 9.17) is 9.15 Å². The van der Waals surface area contributed by atoms with E-state index >= 15 is 0 Å². The Hall–Kier alpha value is -4.86. The van der Waals surface area contributed by atoms with Crippen molar-refractivity contribution in [2.45, 2.75) is 0 Å². The van der Waals surface area contributed by atoms with E-state index in [-0.39, 0.29) is 28.7 Å². The summed E-state index contributed by atoms with van der Waals surface area (Å²) >= 11 is 0. The van der Waals surface area contributed by atoms with Crippen LogP contribution in [-0.4, -0.2) is 44.7 Å². The molecule has 0 aliphatic carbocycles. The molecule has 0 radical (unpaired) electrons. The highest BCUT2D eigenvalue weighted by Gasteiger charge is 2.15. The average molecular weight is 446 g/mol. The van der Waals surface area contributed by atoms with Crippen LogP contribution in [0.25, 0.3) is 22.9 Å². The maximum atomic E-state index is 12.3. The second-order valence-electron chi connectivity index (χ2n) is 6.79. The molecule has 33 heavy (non-hydrogen) atoms. The van der Waals surface area contributed by atoms with Gasteiger partial charge in [0, 0.05) is 23.3 Å². The van der Waals surface area contributed by atoms with Gasteiger partial charge >= 0.3 is 0 Å². The number of benzene rings is 3. The van der Waals surface area contributed by atoms with Gasteiger partial charge in [0.15, 0.2) is 0 Å². The first-order chi connectivity index (χ1) is 16.0. The number of rotatable bonds is 6. The van der Waals surface area contributed by atoms with Gasteiger partial charge in [0.05, 0.1) is 24.5 Å². The number of hydrazone groups is 1. The summed E-state index contributed by atoms with van der Waals surface area (Å²) in [5.41, 5.74) is 3.83. The quantitative estimate of drug-likeness (QED) is 0.260. The Kier molecular flexibility index (Phi) is 5.90. The molecule has 0 atom stereocenters. The Bertz CT molecular complexity index is 1310. The molecule has 0 spiro atoms. The number of carbonyl (C=O) groups excluding carboxylic acids is 1. The van der Waals surface area contributed by atoms with E-state index in [1.807, 2.05) is 18.2 Å². The summed E-state index contributed by atoms with van der Waals surface area (Å²) in [6, 6.07) is 15.8. The molecule has 0 saturated heterocycles. The zero-order chi connectivity index (χ0) is 23.4. The number of methoxy groups -OCH3 is 1. The zero-order valence-electron chi connectivity index (χ0n) is 17.3. The van der Waals surface area contributed by atoms with E-state index in [1.165, 1.54) is 0 Å². The summed E-state index contributed by atoms with van der Waals surface area (Å²) in [6.45, 7) is 0. The lowest BCUT2D eigenvalue weighted by atomic mass is 10.1. The largest absolute Gasteiger partial charge is 0.508 e. The van der Waals surface area contributed by atoms with Crippen LogP contribution in [0.5, 0.6) is 23.0 Å². The molecule has 4 N–H and O–H groups in total. The Balaban J connectivity index is 1.46. The predicted octanol–water partition coefficient (Wildman–Crippen LogP) is 3.29. The van der Waals surface area contributed by atoms with E-state index in [9.17, 15) is 20.1 Å². The van der Waals surface area contributed by atoms with Crippen molar-refractivity contribution in [2.24, 2.45) is 5.10 Å². The van der Waals surface area contributed by atoms with Gasteiger partial charge in [-0.25, -0.2) is 5.43 Å². The lowest BCUT2D eigenvalue weighted by Gasteiger charge is -2.04. The minimum atomic E-state index is -0.518. The number of hydrogen-bond donors (Lipinski definition) is 4. The van der Waals surface area contributed by atoms with Gasteiger partial charge in [-0.2, -0.15) is 5.10 Å². The standard InChI is InChI=1S/C23H18N4O6/c1-32-20-5-3-2-4-16(20)23-27-26-22(33-23)14-8-6-13(7-9-14)21(31)25-24-12-17-18(29)10-15(28)11-19(17)30/h2-12,28-30H,1H3,(H,25,31)/b24-12+. The highest BCUT2D eigenvalue weighted by atomic mass is 16.5. The Morgan fingerprint density at radius 1 is 1.00 bits per heavy atom. The normalized spacial score (nSPS) is 10.9. The van der Waals surface area contributed by atoms with Crippen LogP contribution in [0.15, 0.2) is 70.2 Å². The first kappa shape index (κ1) is 21.4. The fourth-order valence-electron chi connectivity index (χ4n) is 3.00. The number of phenols is 3. The van der Waals surface area contributed by atoms with Crippen LogP contribution >= 0.6 is 0 Å². The van der Waals surface area contributed by atoms with Gasteiger partial charge in [-0.1, -0.05) is 12.1 Å². The lowest BCUT2D eigenvalue weighted by molar-refractivity contribution is 0.0955. The van der Waals surface area contributed by atoms with Gasteiger partial charge in [0.25, 0.3) is 11.8 Å². The summed E-state index contributed by atoms with van der Waals surface area (Å²) in [5.74, 6) is -0.408. The van der Waals surface area contributed by atoms with Crippen molar-refractivity contribution in [1.82, 2.24) is 15.6 Å². The third kappa shape index (κ3) is 4.59. The number of phenolic OH excluding ortho intramolecular Hbond substituents is 3. The summed E-state index contributed by atoms with van der Waals surface area (Å²) < 4.78 is 11.1. The molecule has 10 heteroatoms. The molecule has 10 nitrogen and oxygen atoms in total. The van der Waals surface area contributed by atoms with E-state index in [1.54, 1.807) is 37.4 Å². The Morgan fingerprint density at radius 3 is 2.36 bits per heavy atom. The number of aromatic nitrogens is 2. The number of nitrogens with zero attached hydrogens (tertiary/aromatic N) is 3. The summed E-state index contributed by atoms with van der Waals surface area (Å²) in [4.78, 5) is 12.3. The van der Waals surface area contributed by atoms with Crippen molar-refractivity contribution in [3.8, 4) is 45.9 Å². The third-order valence-corrected chi connectivity index (χ3v) is 4.64. The SMILES string of the molecule is COc1ccccc1-c1nnc(-c2ccc(C(=O)N/N=C/c3c(O)cc(O)cc3O)cc2)o1. The van der Waals surface area contributed by atoms with Crippen LogP contribution in [0.1, 0.15) is 15.9 Å². The Labute approximate surface area is 187 Å². The van der Waals surface area contributed by atoms with Crippen LogP contribution in [-0.2, 0) is 0 Å². The maximum Gasteiger partial charge on any atom is 0.271 e. The smallest absolute Gasteiger partial charge is 0.271 e. The number of amides is 1. The topological polar surface area (TPSA) is 150 Å². The van der Waals surface area contributed by atoms with E-state index < -0.39 is 5.91 Å². The minimum absolute atomic E-state index is 0.0503. The number of aromatic hydroxyl groups is 3. The van der Waals surface area contributed by atoms with Crippen LogP contribution < -0.4 is 10.2 Å². The zero-order valence-corrected chi connectivity index (χ0v) is 17.3. The molecular weight excluding hydrogens is 428 g/mol. The highest BCUT2D eigenvalue weighted by molar-refractivity contribution is 5.95. The van der Waals surface area contributed by atoms with Gasteiger partial charge in [0.1, 0.15) is 23.0 Å². The summed E-state index contributed by atoms with van der Waals surface area (Å²) in [6.07, 6.45) is 1.06. The average Bonchev–Trinajstić information content (AvgIpc) is 3.31. The molecule has 0 fully saturated rings. The number of ether oxygens (including phenoxy) is 1. The molecular formula is C23H18N4O6. The van der Waals surface area contributed by atoms with Crippen molar-refractivity contribution in [3.05, 3.63) is 71.8 Å². The highest BCUT2D eigenvalue weighted by Crippen LogP contribution is 2.31. The van der Waals surface area contributed by atoms with Gasteiger partial charge < -0.3 is 24.5 Å². The molecule has 1 amide bonds.